The summed E-state index contributed by atoms with van der Waals surface area (Å²) in [4.78, 5) is 0. The van der Waals surface area contributed by atoms with E-state index in [1.165, 1.54) is 41.3 Å². The number of rotatable bonds is 2. The van der Waals surface area contributed by atoms with Crippen molar-refractivity contribution in [3.05, 3.63) is 33.8 Å². The Morgan fingerprint density at radius 2 is 1.87 bits per heavy atom. The van der Waals surface area contributed by atoms with Crippen LogP contribution in [-0.2, 0) is 5.41 Å². The lowest BCUT2D eigenvalue weighted by molar-refractivity contribution is 0.501. The van der Waals surface area contributed by atoms with E-state index in [2.05, 4.69) is 41.1 Å². The highest BCUT2D eigenvalue weighted by atomic mass is 79.9. The Hall–Kier alpha value is -0.340. The predicted molar refractivity (Wildman–Crippen MR) is 65.9 cm³/mol. The van der Waals surface area contributed by atoms with Crippen LogP contribution in [0.15, 0.2) is 22.7 Å². The van der Waals surface area contributed by atoms with Crippen LogP contribution in [0.5, 0.6) is 0 Å². The highest BCUT2D eigenvalue weighted by Crippen LogP contribution is 2.64. The fraction of sp³-hybridized carbons (Fsp3) is 0.538. The van der Waals surface area contributed by atoms with Gasteiger partial charge in [-0.1, -0.05) is 33.6 Å². The first kappa shape index (κ1) is 9.86. The lowest BCUT2D eigenvalue weighted by Gasteiger charge is -2.25. The summed E-state index contributed by atoms with van der Waals surface area (Å²) in [5.41, 5.74) is 9.62. The molecule has 1 nitrogen and oxygen atoms in total. The number of hydrogen-bond donors (Lipinski definition) is 1. The van der Waals surface area contributed by atoms with Crippen molar-refractivity contribution in [2.75, 3.05) is 0 Å². The highest BCUT2D eigenvalue weighted by molar-refractivity contribution is 9.10. The minimum atomic E-state index is 0.114. The van der Waals surface area contributed by atoms with Crippen molar-refractivity contribution in [2.24, 2.45) is 5.73 Å². The number of nitrogens with two attached hydrogens (primary N) is 1. The van der Waals surface area contributed by atoms with Gasteiger partial charge in [0.05, 0.1) is 0 Å². The molecule has 2 aliphatic rings. The predicted octanol–water partition coefficient (Wildman–Crippen LogP) is 3.28. The van der Waals surface area contributed by atoms with E-state index in [0.29, 0.717) is 5.41 Å². The average Bonchev–Trinajstić information content (AvgIpc) is 3.05. The molecule has 2 N–H and O–H groups in total. The lowest BCUT2D eigenvalue weighted by Crippen LogP contribution is -2.37. The average molecular weight is 266 g/mol. The smallest absolute Gasteiger partial charge is 0.0254 e. The van der Waals surface area contributed by atoms with Gasteiger partial charge in [0.15, 0.2) is 0 Å². The van der Waals surface area contributed by atoms with Crippen molar-refractivity contribution in [1.29, 1.82) is 0 Å². The zero-order valence-electron chi connectivity index (χ0n) is 9.02. The molecule has 1 aromatic rings. The monoisotopic (exact) mass is 265 g/mol. The van der Waals surface area contributed by atoms with Gasteiger partial charge < -0.3 is 5.73 Å². The van der Waals surface area contributed by atoms with E-state index in [0.717, 1.165) is 0 Å². The zero-order valence-corrected chi connectivity index (χ0v) is 10.6. The van der Waals surface area contributed by atoms with Gasteiger partial charge in [-0.05, 0) is 44.2 Å². The molecule has 0 saturated heterocycles. The molecule has 2 heteroatoms. The maximum atomic E-state index is 6.42. The zero-order chi connectivity index (χ0) is 10.7. The molecule has 15 heavy (non-hydrogen) atoms. The minimum absolute atomic E-state index is 0.114. The Labute approximate surface area is 99.2 Å². The first-order valence-electron chi connectivity index (χ1n) is 5.63. The second kappa shape index (κ2) is 2.86. The number of benzene rings is 1. The second-order valence-electron chi connectivity index (χ2n) is 5.22. The molecule has 3 rings (SSSR count). The fourth-order valence-electron chi connectivity index (χ4n) is 2.78. The minimum Gasteiger partial charge on any atom is -0.324 e. The van der Waals surface area contributed by atoms with Gasteiger partial charge in [0, 0.05) is 15.4 Å². The first-order chi connectivity index (χ1) is 7.07. The van der Waals surface area contributed by atoms with Crippen molar-refractivity contribution in [3.8, 4) is 0 Å². The Bertz CT molecular complexity index is 417. The van der Waals surface area contributed by atoms with Crippen LogP contribution in [-0.4, -0.2) is 5.54 Å². The van der Waals surface area contributed by atoms with E-state index in [4.69, 9.17) is 5.73 Å². The van der Waals surface area contributed by atoms with Gasteiger partial charge in [-0.2, -0.15) is 0 Å². The van der Waals surface area contributed by atoms with E-state index in [1.54, 1.807) is 0 Å². The van der Waals surface area contributed by atoms with Crippen LogP contribution in [0, 0.1) is 6.92 Å². The van der Waals surface area contributed by atoms with Crippen LogP contribution in [0.3, 0.4) is 0 Å². The number of aryl methyl sites for hydroxylation is 1. The molecule has 0 spiro atoms. The standard InChI is InChI=1S/C13H16BrN/c1-9-2-3-11(14)10(8-9)12(4-5-12)13(15)6-7-13/h2-3,8H,4-7,15H2,1H3. The van der Waals surface area contributed by atoms with E-state index in [9.17, 15) is 0 Å². The summed E-state index contributed by atoms with van der Waals surface area (Å²) in [5, 5.41) is 0. The third kappa shape index (κ3) is 1.31. The summed E-state index contributed by atoms with van der Waals surface area (Å²) in [7, 11) is 0. The highest BCUT2D eigenvalue weighted by Gasteiger charge is 2.64. The molecule has 0 unspecified atom stereocenters. The lowest BCUT2D eigenvalue weighted by atomic mass is 9.85. The van der Waals surface area contributed by atoms with Crippen LogP contribution in [0.25, 0.3) is 0 Å². The van der Waals surface area contributed by atoms with Gasteiger partial charge in [0.2, 0.25) is 0 Å². The Morgan fingerprint density at radius 3 is 2.40 bits per heavy atom. The van der Waals surface area contributed by atoms with Gasteiger partial charge in [0.25, 0.3) is 0 Å². The summed E-state index contributed by atoms with van der Waals surface area (Å²) >= 11 is 3.67. The van der Waals surface area contributed by atoms with Gasteiger partial charge in [-0.15, -0.1) is 0 Å². The Kier molecular flexibility index (Phi) is 1.88. The summed E-state index contributed by atoms with van der Waals surface area (Å²) < 4.78 is 1.24. The molecule has 0 amide bonds. The van der Waals surface area contributed by atoms with Crippen LogP contribution < -0.4 is 5.73 Å². The normalized spacial score (nSPS) is 25.0. The van der Waals surface area contributed by atoms with Crippen molar-refractivity contribution in [2.45, 2.75) is 43.6 Å². The van der Waals surface area contributed by atoms with Gasteiger partial charge in [-0.3, -0.25) is 0 Å². The summed E-state index contributed by atoms with van der Waals surface area (Å²) in [6.45, 7) is 2.15. The fourth-order valence-corrected chi connectivity index (χ4v) is 3.41. The molecular weight excluding hydrogens is 250 g/mol. The van der Waals surface area contributed by atoms with Crippen molar-refractivity contribution < 1.29 is 0 Å². The number of halogens is 1. The molecule has 0 bridgehead atoms. The first-order valence-corrected chi connectivity index (χ1v) is 6.42. The van der Waals surface area contributed by atoms with Crippen LogP contribution in [0.2, 0.25) is 0 Å². The molecule has 2 aliphatic carbocycles. The third-order valence-corrected chi connectivity index (χ3v) is 4.82. The van der Waals surface area contributed by atoms with Gasteiger partial charge in [-0.25, -0.2) is 0 Å². The summed E-state index contributed by atoms with van der Waals surface area (Å²) in [6, 6.07) is 6.63. The number of hydrogen-bond acceptors (Lipinski definition) is 1. The molecule has 0 aromatic heterocycles. The molecule has 2 fully saturated rings. The molecule has 2 saturated carbocycles. The Morgan fingerprint density at radius 1 is 1.20 bits per heavy atom. The summed E-state index contributed by atoms with van der Waals surface area (Å²) in [6.07, 6.45) is 4.94. The van der Waals surface area contributed by atoms with E-state index >= 15 is 0 Å². The molecular formula is C13H16BrN. The van der Waals surface area contributed by atoms with Gasteiger partial charge in [0.1, 0.15) is 0 Å². The maximum Gasteiger partial charge on any atom is 0.0254 e. The van der Waals surface area contributed by atoms with E-state index in [-0.39, 0.29) is 5.54 Å². The molecule has 0 aliphatic heterocycles. The topological polar surface area (TPSA) is 26.0 Å². The van der Waals surface area contributed by atoms with E-state index < -0.39 is 0 Å². The molecule has 0 heterocycles. The quantitative estimate of drug-likeness (QED) is 0.873. The van der Waals surface area contributed by atoms with Crippen molar-refractivity contribution in [3.63, 3.8) is 0 Å². The van der Waals surface area contributed by atoms with Crippen LogP contribution in [0.4, 0.5) is 0 Å². The molecule has 80 valence electrons. The van der Waals surface area contributed by atoms with Crippen molar-refractivity contribution in [1.82, 2.24) is 0 Å². The SMILES string of the molecule is Cc1ccc(Br)c(C2(C3(N)CC3)CC2)c1. The third-order valence-electron chi connectivity index (χ3n) is 4.13. The van der Waals surface area contributed by atoms with Crippen molar-refractivity contribution >= 4 is 15.9 Å². The maximum absolute atomic E-state index is 6.42. The second-order valence-corrected chi connectivity index (χ2v) is 6.08. The molecule has 0 radical (unpaired) electrons. The van der Waals surface area contributed by atoms with Crippen LogP contribution in [0.1, 0.15) is 36.8 Å². The molecule has 1 aromatic carbocycles. The Balaban J connectivity index is 2.09. The van der Waals surface area contributed by atoms with Crippen LogP contribution >= 0.6 is 15.9 Å². The summed E-state index contributed by atoms with van der Waals surface area (Å²) in [5.74, 6) is 0. The van der Waals surface area contributed by atoms with Gasteiger partial charge >= 0.3 is 0 Å². The molecule has 0 atom stereocenters. The largest absolute Gasteiger partial charge is 0.324 e. The van der Waals surface area contributed by atoms with E-state index in [1.807, 2.05) is 0 Å².